The van der Waals surface area contributed by atoms with Gasteiger partial charge in [-0.3, -0.25) is 4.79 Å². The van der Waals surface area contributed by atoms with E-state index < -0.39 is 11.9 Å². The maximum absolute atomic E-state index is 11.5. The van der Waals surface area contributed by atoms with Crippen molar-refractivity contribution in [3.63, 3.8) is 0 Å². The third-order valence-electron chi connectivity index (χ3n) is 5.21. The number of nitrogens with zero attached hydrogens (tertiary/aromatic N) is 1. The van der Waals surface area contributed by atoms with Crippen LogP contribution in [0.15, 0.2) is 82.4 Å². The second-order valence-corrected chi connectivity index (χ2v) is 7.11. The lowest BCUT2D eigenvalue weighted by atomic mass is 9.88. The topological polar surface area (TPSA) is 83.0 Å². The summed E-state index contributed by atoms with van der Waals surface area (Å²) >= 11 is 0. The molecule has 29 heavy (non-hydrogen) atoms. The molecule has 0 aliphatic rings. The molecule has 5 nitrogen and oxygen atoms in total. The van der Waals surface area contributed by atoms with Gasteiger partial charge in [0.2, 0.25) is 0 Å². The average molecular weight is 387 g/mol. The number of para-hydroxylation sites is 1. The molecule has 0 amide bonds. The molecule has 0 fully saturated rings. The van der Waals surface area contributed by atoms with Crippen LogP contribution in [0.4, 0.5) is 0 Å². The summed E-state index contributed by atoms with van der Waals surface area (Å²) in [6, 6.07) is 23.2. The van der Waals surface area contributed by atoms with Crippen LogP contribution >= 0.6 is 0 Å². The first-order chi connectivity index (χ1) is 14.2. The van der Waals surface area contributed by atoms with Crippen LogP contribution in [0.1, 0.15) is 24.0 Å². The van der Waals surface area contributed by atoms with E-state index in [1.807, 2.05) is 72.8 Å². The van der Waals surface area contributed by atoms with E-state index in [1.54, 1.807) is 0 Å². The lowest BCUT2D eigenvalue weighted by Crippen LogP contribution is -2.20. The van der Waals surface area contributed by atoms with Crippen molar-refractivity contribution in [3.8, 4) is 0 Å². The van der Waals surface area contributed by atoms with Crippen molar-refractivity contribution >= 4 is 33.6 Å². The number of hydrogen-bond acceptors (Lipinski definition) is 4. The summed E-state index contributed by atoms with van der Waals surface area (Å²) in [6.07, 6.45) is 1.17. The summed E-state index contributed by atoms with van der Waals surface area (Å²) in [5.41, 5.74) is 3.73. The Labute approximate surface area is 167 Å². The van der Waals surface area contributed by atoms with Crippen molar-refractivity contribution in [2.75, 3.05) is 0 Å². The van der Waals surface area contributed by atoms with Crippen molar-refractivity contribution in [3.05, 3.63) is 83.9 Å². The number of fused-ring (bicyclic) bond motifs is 3. The Morgan fingerprint density at radius 1 is 0.931 bits per heavy atom. The highest BCUT2D eigenvalue weighted by atomic mass is 16.4. The lowest BCUT2D eigenvalue weighted by molar-refractivity contribution is -0.137. The minimum atomic E-state index is -0.918. The van der Waals surface area contributed by atoms with Gasteiger partial charge >= 0.3 is 5.97 Å². The molecule has 4 aromatic rings. The summed E-state index contributed by atoms with van der Waals surface area (Å²) in [6.45, 7) is 0. The largest absolute Gasteiger partial charge is 0.481 e. The van der Waals surface area contributed by atoms with Crippen LogP contribution in [0.5, 0.6) is 0 Å². The lowest BCUT2D eigenvalue weighted by Gasteiger charge is -2.17. The van der Waals surface area contributed by atoms with E-state index in [9.17, 15) is 15.1 Å². The normalized spacial score (nSPS) is 13.0. The summed E-state index contributed by atoms with van der Waals surface area (Å²) in [5, 5.41) is 24.6. The molecule has 5 heteroatoms. The van der Waals surface area contributed by atoms with E-state index >= 15 is 0 Å². The molecule has 0 aliphatic heterocycles. The standard InChI is InChI=1S/C24H21NO4/c26-23(27)15-18(11-10-16-6-2-1-3-7-16)24(25-28)17-12-13-22-20(14-17)19-8-4-5-9-21(19)29-22/h1-9,12-14,18,28H,10-11,15H2,(H,26,27). The molecule has 0 bridgehead atoms. The fourth-order valence-electron chi connectivity index (χ4n) is 3.79. The highest BCUT2D eigenvalue weighted by molar-refractivity contribution is 6.10. The number of carbonyl (C=O) groups is 1. The SMILES string of the molecule is O=C(O)CC(CCc1ccccc1)C(=NO)c1ccc2oc3ccccc3c2c1. The zero-order valence-corrected chi connectivity index (χ0v) is 15.8. The van der Waals surface area contributed by atoms with Gasteiger partial charge in [0.25, 0.3) is 0 Å². The predicted molar refractivity (Wildman–Crippen MR) is 113 cm³/mol. The molecular weight excluding hydrogens is 366 g/mol. The molecule has 1 unspecified atom stereocenters. The van der Waals surface area contributed by atoms with Gasteiger partial charge in [0.1, 0.15) is 11.2 Å². The minimum absolute atomic E-state index is 0.101. The van der Waals surface area contributed by atoms with E-state index in [4.69, 9.17) is 4.42 Å². The van der Waals surface area contributed by atoms with Gasteiger partial charge < -0.3 is 14.7 Å². The van der Waals surface area contributed by atoms with Crippen molar-refractivity contribution in [1.82, 2.24) is 0 Å². The van der Waals surface area contributed by atoms with Gasteiger partial charge in [-0.15, -0.1) is 0 Å². The Bertz CT molecular complexity index is 1180. The molecule has 1 heterocycles. The third-order valence-corrected chi connectivity index (χ3v) is 5.21. The fourth-order valence-corrected chi connectivity index (χ4v) is 3.79. The molecule has 146 valence electrons. The maximum atomic E-state index is 11.5. The van der Waals surface area contributed by atoms with Crippen molar-refractivity contribution < 1.29 is 19.5 Å². The number of rotatable bonds is 7. The first-order valence-electron chi connectivity index (χ1n) is 9.55. The van der Waals surface area contributed by atoms with Gasteiger partial charge in [-0.05, 0) is 42.7 Å². The quantitative estimate of drug-likeness (QED) is 0.250. The van der Waals surface area contributed by atoms with E-state index in [0.29, 0.717) is 24.1 Å². The van der Waals surface area contributed by atoms with Crippen LogP contribution in [-0.4, -0.2) is 22.0 Å². The first-order valence-corrected chi connectivity index (χ1v) is 9.55. The van der Waals surface area contributed by atoms with E-state index in [-0.39, 0.29) is 6.42 Å². The molecular formula is C24H21NO4. The van der Waals surface area contributed by atoms with Crippen LogP contribution in [-0.2, 0) is 11.2 Å². The summed E-state index contributed by atoms with van der Waals surface area (Å²) < 4.78 is 5.85. The van der Waals surface area contributed by atoms with Crippen molar-refractivity contribution in [1.29, 1.82) is 0 Å². The number of benzene rings is 3. The molecule has 1 aromatic heterocycles. The van der Waals surface area contributed by atoms with E-state index in [1.165, 1.54) is 0 Å². The molecule has 0 saturated carbocycles. The van der Waals surface area contributed by atoms with E-state index in [0.717, 1.165) is 27.5 Å². The third kappa shape index (κ3) is 3.99. The average Bonchev–Trinajstić information content (AvgIpc) is 3.11. The molecule has 0 saturated heterocycles. The van der Waals surface area contributed by atoms with Gasteiger partial charge in [-0.25, -0.2) is 0 Å². The molecule has 3 aromatic carbocycles. The molecule has 0 radical (unpaired) electrons. The highest BCUT2D eigenvalue weighted by Gasteiger charge is 2.23. The van der Waals surface area contributed by atoms with Crippen LogP contribution in [0.2, 0.25) is 0 Å². The number of carboxylic acid groups (broad SMARTS) is 1. The predicted octanol–water partition coefficient (Wildman–Crippen LogP) is 5.49. The van der Waals surface area contributed by atoms with Gasteiger partial charge in [-0.2, -0.15) is 0 Å². The molecule has 1 atom stereocenters. The van der Waals surface area contributed by atoms with Crippen LogP contribution < -0.4 is 0 Å². The van der Waals surface area contributed by atoms with Crippen LogP contribution in [0.3, 0.4) is 0 Å². The Morgan fingerprint density at radius 2 is 1.66 bits per heavy atom. The molecule has 0 spiro atoms. The number of hydrogen-bond donors (Lipinski definition) is 2. The Hall–Kier alpha value is -3.60. The molecule has 0 aliphatic carbocycles. The zero-order valence-electron chi connectivity index (χ0n) is 15.8. The fraction of sp³-hybridized carbons (Fsp3) is 0.167. The summed E-state index contributed by atoms with van der Waals surface area (Å²) in [7, 11) is 0. The molecule has 4 rings (SSSR count). The van der Waals surface area contributed by atoms with E-state index in [2.05, 4.69) is 5.16 Å². The van der Waals surface area contributed by atoms with Gasteiger partial charge in [-0.1, -0.05) is 53.7 Å². The highest BCUT2D eigenvalue weighted by Crippen LogP contribution is 2.30. The number of aliphatic carboxylic acids is 1. The zero-order chi connectivity index (χ0) is 20.2. The Balaban J connectivity index is 1.68. The number of oxime groups is 1. The van der Waals surface area contributed by atoms with Crippen LogP contribution in [0, 0.1) is 5.92 Å². The van der Waals surface area contributed by atoms with Gasteiger partial charge in [0.05, 0.1) is 12.1 Å². The monoisotopic (exact) mass is 387 g/mol. The van der Waals surface area contributed by atoms with Gasteiger partial charge in [0, 0.05) is 22.3 Å². The first kappa shape index (κ1) is 18.7. The van der Waals surface area contributed by atoms with Crippen molar-refractivity contribution in [2.45, 2.75) is 19.3 Å². The Kier molecular flexibility index (Phi) is 5.29. The summed E-state index contributed by atoms with van der Waals surface area (Å²) in [5.74, 6) is -1.33. The Morgan fingerprint density at radius 3 is 2.41 bits per heavy atom. The minimum Gasteiger partial charge on any atom is -0.481 e. The van der Waals surface area contributed by atoms with Crippen molar-refractivity contribution in [2.24, 2.45) is 11.1 Å². The second kappa shape index (κ2) is 8.19. The summed E-state index contributed by atoms with van der Waals surface area (Å²) in [4.78, 5) is 11.5. The van der Waals surface area contributed by atoms with Crippen LogP contribution in [0.25, 0.3) is 21.9 Å². The molecule has 2 N–H and O–H groups in total. The second-order valence-electron chi connectivity index (χ2n) is 7.11. The number of carboxylic acids is 1. The number of furan rings is 1. The van der Waals surface area contributed by atoms with Gasteiger partial charge in [0.15, 0.2) is 0 Å². The maximum Gasteiger partial charge on any atom is 0.304 e. The number of aryl methyl sites for hydroxylation is 1. The smallest absolute Gasteiger partial charge is 0.304 e.